The highest BCUT2D eigenvalue weighted by Gasteiger charge is 2.37. The predicted molar refractivity (Wildman–Crippen MR) is 98.0 cm³/mol. The third kappa shape index (κ3) is 6.00. The van der Waals surface area contributed by atoms with Crippen molar-refractivity contribution < 1.29 is 27.9 Å². The van der Waals surface area contributed by atoms with Gasteiger partial charge in [0, 0.05) is 4.75 Å². The highest BCUT2D eigenvalue weighted by Crippen LogP contribution is 2.30. The van der Waals surface area contributed by atoms with Gasteiger partial charge in [-0.3, -0.25) is 4.79 Å². The molecule has 1 aromatic heterocycles. The maximum absolute atomic E-state index is 12.2. The SMILES string of the molecule is Cc1oc(=O)oc1COC(=O)SC(C)(C)C(N)C(=O)OCc1ccccc1. The fraction of sp³-hybridized carbons (Fsp3) is 0.389. The van der Waals surface area contributed by atoms with Crippen molar-refractivity contribution in [2.75, 3.05) is 0 Å². The third-order valence-corrected chi connectivity index (χ3v) is 4.79. The van der Waals surface area contributed by atoms with E-state index in [0.29, 0.717) is 0 Å². The summed E-state index contributed by atoms with van der Waals surface area (Å²) in [6.45, 7) is 4.63. The van der Waals surface area contributed by atoms with Crippen LogP contribution >= 0.6 is 11.8 Å². The van der Waals surface area contributed by atoms with Crippen molar-refractivity contribution in [3.8, 4) is 0 Å². The lowest BCUT2D eigenvalue weighted by molar-refractivity contribution is -0.147. The number of rotatable bonds is 7. The summed E-state index contributed by atoms with van der Waals surface area (Å²) < 4.78 is 18.7. The number of nitrogens with two attached hydrogens (primary N) is 1. The molecule has 0 aliphatic carbocycles. The average molecular weight is 395 g/mol. The smallest absolute Gasteiger partial charge is 0.460 e. The number of ether oxygens (including phenoxy) is 2. The van der Waals surface area contributed by atoms with E-state index in [4.69, 9.17) is 19.6 Å². The first kappa shape index (κ1) is 20.8. The van der Waals surface area contributed by atoms with Crippen molar-refractivity contribution >= 4 is 23.0 Å². The summed E-state index contributed by atoms with van der Waals surface area (Å²) >= 11 is 0.755. The Balaban J connectivity index is 1.85. The molecule has 8 nitrogen and oxygen atoms in total. The van der Waals surface area contributed by atoms with Crippen molar-refractivity contribution in [2.45, 2.75) is 44.8 Å². The normalized spacial score (nSPS) is 12.4. The Morgan fingerprint density at radius 1 is 1.15 bits per heavy atom. The first-order valence-electron chi connectivity index (χ1n) is 8.10. The first-order chi connectivity index (χ1) is 12.7. The van der Waals surface area contributed by atoms with Gasteiger partial charge in [-0.05, 0) is 38.1 Å². The van der Waals surface area contributed by atoms with Gasteiger partial charge in [0.1, 0.15) is 12.6 Å². The van der Waals surface area contributed by atoms with Crippen LogP contribution in [0, 0.1) is 6.92 Å². The van der Waals surface area contributed by atoms with Crippen LogP contribution in [-0.4, -0.2) is 22.1 Å². The Morgan fingerprint density at radius 3 is 2.41 bits per heavy atom. The van der Waals surface area contributed by atoms with E-state index in [9.17, 15) is 14.4 Å². The number of hydrogen-bond acceptors (Lipinski definition) is 9. The molecule has 2 rings (SSSR count). The monoisotopic (exact) mass is 395 g/mol. The van der Waals surface area contributed by atoms with Crippen molar-refractivity contribution in [3.63, 3.8) is 0 Å². The largest absolute Gasteiger partial charge is 0.519 e. The number of hydrogen-bond donors (Lipinski definition) is 1. The second-order valence-corrected chi connectivity index (χ2v) is 7.84. The molecule has 0 aliphatic heterocycles. The maximum Gasteiger partial charge on any atom is 0.519 e. The van der Waals surface area contributed by atoms with E-state index in [1.807, 2.05) is 30.3 Å². The quantitative estimate of drug-likeness (QED) is 0.705. The van der Waals surface area contributed by atoms with Gasteiger partial charge in [0.05, 0.1) is 0 Å². The molecular weight excluding hydrogens is 374 g/mol. The summed E-state index contributed by atoms with van der Waals surface area (Å²) in [5.74, 6) is -1.13. The first-order valence-corrected chi connectivity index (χ1v) is 8.92. The zero-order chi connectivity index (χ0) is 20.0. The second-order valence-electron chi connectivity index (χ2n) is 6.25. The molecule has 0 aliphatic rings. The Kier molecular flexibility index (Phi) is 6.86. The van der Waals surface area contributed by atoms with E-state index in [-0.39, 0.29) is 24.7 Å². The highest BCUT2D eigenvalue weighted by atomic mass is 32.2. The summed E-state index contributed by atoms with van der Waals surface area (Å²) in [5, 5.41) is -0.672. The molecule has 2 N–H and O–H groups in total. The fourth-order valence-electron chi connectivity index (χ4n) is 2.04. The van der Waals surface area contributed by atoms with E-state index < -0.39 is 27.9 Å². The van der Waals surface area contributed by atoms with Crippen LogP contribution < -0.4 is 11.6 Å². The zero-order valence-electron chi connectivity index (χ0n) is 15.2. The summed E-state index contributed by atoms with van der Waals surface area (Å²) in [7, 11) is 0. The average Bonchev–Trinajstić information content (AvgIpc) is 2.95. The Labute approximate surface area is 160 Å². The lowest BCUT2D eigenvalue weighted by atomic mass is 10.0. The van der Waals surface area contributed by atoms with E-state index in [2.05, 4.69) is 4.42 Å². The Bertz CT molecular complexity index is 841. The standard InChI is InChI=1S/C18H21NO7S/c1-11-13(26-16(21)25-11)10-24-17(22)27-18(2,3)14(19)15(20)23-9-12-7-5-4-6-8-12/h4-8,14H,9-10,19H2,1-3H3. The minimum Gasteiger partial charge on any atom is -0.460 e. The molecule has 0 saturated carbocycles. The number of benzene rings is 1. The molecule has 1 aromatic carbocycles. The number of aryl methyl sites for hydroxylation is 1. The van der Waals surface area contributed by atoms with Crippen LogP contribution in [0.1, 0.15) is 30.9 Å². The van der Waals surface area contributed by atoms with Gasteiger partial charge in [-0.1, -0.05) is 30.3 Å². The molecule has 0 bridgehead atoms. The van der Waals surface area contributed by atoms with Gasteiger partial charge in [0.15, 0.2) is 18.1 Å². The van der Waals surface area contributed by atoms with Crippen molar-refractivity contribution in [1.82, 2.24) is 0 Å². The third-order valence-electron chi connectivity index (χ3n) is 3.73. The van der Waals surface area contributed by atoms with E-state index in [1.165, 1.54) is 6.92 Å². The summed E-state index contributed by atoms with van der Waals surface area (Å²) in [5.41, 5.74) is 6.80. The number of carbonyl (C=O) groups is 2. The molecule has 146 valence electrons. The molecular formula is C18H21NO7S. The molecule has 0 fully saturated rings. The predicted octanol–water partition coefficient (Wildman–Crippen LogP) is 2.76. The van der Waals surface area contributed by atoms with Gasteiger partial charge in [0.2, 0.25) is 0 Å². The lowest BCUT2D eigenvalue weighted by Gasteiger charge is -2.27. The van der Waals surface area contributed by atoms with E-state index in [0.717, 1.165) is 17.3 Å². The summed E-state index contributed by atoms with van der Waals surface area (Å²) in [6, 6.07) is 8.13. The van der Waals surface area contributed by atoms with Crippen LogP contribution in [0.2, 0.25) is 0 Å². The molecule has 0 radical (unpaired) electrons. The number of esters is 1. The van der Waals surface area contributed by atoms with Gasteiger partial charge >= 0.3 is 17.1 Å². The summed E-state index contributed by atoms with van der Waals surface area (Å²) in [4.78, 5) is 35.2. The zero-order valence-corrected chi connectivity index (χ0v) is 16.0. The van der Waals surface area contributed by atoms with Crippen molar-refractivity contribution in [3.05, 3.63) is 58.0 Å². The summed E-state index contributed by atoms with van der Waals surface area (Å²) in [6.07, 6.45) is 0. The van der Waals surface area contributed by atoms with Gasteiger partial charge in [-0.2, -0.15) is 0 Å². The fourth-order valence-corrected chi connectivity index (χ4v) is 2.81. The van der Waals surface area contributed by atoms with Crippen LogP contribution in [0.25, 0.3) is 0 Å². The van der Waals surface area contributed by atoms with E-state index in [1.54, 1.807) is 13.8 Å². The van der Waals surface area contributed by atoms with Gasteiger partial charge in [-0.25, -0.2) is 9.59 Å². The Hall–Kier alpha value is -2.52. The number of thioether (sulfide) groups is 1. The highest BCUT2D eigenvalue weighted by molar-refractivity contribution is 8.14. The number of carbonyl (C=O) groups excluding carboxylic acids is 2. The van der Waals surface area contributed by atoms with Crippen LogP contribution in [0.15, 0.2) is 44.0 Å². The van der Waals surface area contributed by atoms with Crippen molar-refractivity contribution in [1.29, 1.82) is 0 Å². The van der Waals surface area contributed by atoms with E-state index >= 15 is 0 Å². The molecule has 1 atom stereocenters. The molecule has 1 unspecified atom stereocenters. The Morgan fingerprint density at radius 2 is 1.81 bits per heavy atom. The minimum atomic E-state index is -1.05. The van der Waals surface area contributed by atoms with Crippen LogP contribution in [-0.2, 0) is 27.5 Å². The molecule has 27 heavy (non-hydrogen) atoms. The van der Waals surface area contributed by atoms with Gasteiger partial charge in [-0.15, -0.1) is 0 Å². The molecule has 1 heterocycles. The van der Waals surface area contributed by atoms with Crippen LogP contribution in [0.4, 0.5) is 4.79 Å². The molecule has 2 aromatic rings. The minimum absolute atomic E-state index is 0.0946. The molecule has 0 saturated heterocycles. The maximum atomic E-state index is 12.2. The molecule has 0 spiro atoms. The molecule has 9 heteroatoms. The molecule has 0 amide bonds. The van der Waals surface area contributed by atoms with Crippen LogP contribution in [0.5, 0.6) is 0 Å². The topological polar surface area (TPSA) is 122 Å². The second kappa shape index (κ2) is 8.92. The van der Waals surface area contributed by atoms with Gasteiger partial charge < -0.3 is 24.0 Å². The van der Waals surface area contributed by atoms with Crippen LogP contribution in [0.3, 0.4) is 0 Å². The van der Waals surface area contributed by atoms with Crippen molar-refractivity contribution in [2.24, 2.45) is 5.73 Å². The van der Waals surface area contributed by atoms with Gasteiger partial charge in [0.25, 0.3) is 0 Å². The lowest BCUT2D eigenvalue weighted by Crippen LogP contribution is -2.48.